The summed E-state index contributed by atoms with van der Waals surface area (Å²) in [6.45, 7) is 6.46. The van der Waals surface area contributed by atoms with Crippen molar-refractivity contribution in [3.05, 3.63) is 65.7 Å². The molecule has 418 valence electrons. The van der Waals surface area contributed by atoms with Gasteiger partial charge in [0.05, 0.1) is 26.1 Å². The molecule has 0 unspecified atom stereocenters. The highest BCUT2D eigenvalue weighted by molar-refractivity contribution is 5.98. The summed E-state index contributed by atoms with van der Waals surface area (Å²) >= 11 is 0. The summed E-state index contributed by atoms with van der Waals surface area (Å²) in [5, 5.41) is 50.7. The van der Waals surface area contributed by atoms with Crippen LogP contribution < -0.4 is 65.1 Å². The number of carbonyl (C=O) groups excluding carboxylic acids is 9. The largest absolute Gasteiger partial charge is 0.508 e. The average Bonchev–Trinajstić information content (AvgIpc) is 3.34. The fourth-order valence-corrected chi connectivity index (χ4v) is 7.23. The van der Waals surface area contributed by atoms with Gasteiger partial charge in [0.25, 0.3) is 0 Å². The average molecular weight is 1070 g/mol. The Labute approximate surface area is 439 Å². The summed E-state index contributed by atoms with van der Waals surface area (Å²) < 4.78 is 0. The number of phenolic OH excluding ortho intramolecular Hbond substituents is 1. The molecule has 27 heteroatoms. The first-order valence-electron chi connectivity index (χ1n) is 24.4. The summed E-state index contributed by atoms with van der Waals surface area (Å²) in [6.07, 6.45) is -0.936. The van der Waals surface area contributed by atoms with E-state index in [9.17, 15) is 68.1 Å². The molecule has 0 aliphatic rings. The van der Waals surface area contributed by atoms with Crippen molar-refractivity contribution in [1.29, 1.82) is 0 Å². The summed E-state index contributed by atoms with van der Waals surface area (Å²) in [5.74, 6) is -11.2. The number of hydrogen-bond donors (Lipinski definition) is 15. The zero-order valence-electron chi connectivity index (χ0n) is 43.2. The van der Waals surface area contributed by atoms with Crippen LogP contribution in [-0.2, 0) is 65.6 Å². The molecule has 18 N–H and O–H groups in total. The van der Waals surface area contributed by atoms with E-state index >= 15 is 0 Å². The molecule has 0 heterocycles. The van der Waals surface area contributed by atoms with Crippen LogP contribution in [-0.4, -0.2) is 155 Å². The maximum Gasteiger partial charge on any atom is 0.326 e. The van der Waals surface area contributed by atoms with Gasteiger partial charge >= 0.3 is 11.9 Å². The Morgan fingerprint density at radius 3 is 1.51 bits per heavy atom. The molecule has 2 aromatic carbocycles. The lowest BCUT2D eigenvalue weighted by molar-refractivity contribution is -0.142. The maximum atomic E-state index is 14.2. The number of nitrogens with two attached hydrogens (primary N) is 3. The summed E-state index contributed by atoms with van der Waals surface area (Å²) in [5.41, 5.74) is 17.2. The number of rotatable bonds is 33. The number of aliphatic carboxylic acids is 2. The third-order valence-corrected chi connectivity index (χ3v) is 11.0. The highest BCUT2D eigenvalue weighted by Gasteiger charge is 2.33. The van der Waals surface area contributed by atoms with Crippen LogP contribution in [0.15, 0.2) is 59.6 Å². The number of aliphatic imine (C=N–C) groups is 1. The van der Waals surface area contributed by atoms with E-state index < -0.39 is 133 Å². The number of benzene rings is 2. The lowest BCUT2D eigenvalue weighted by Crippen LogP contribution is -2.59. The van der Waals surface area contributed by atoms with E-state index in [1.54, 1.807) is 58.0 Å². The molecular weight excluding hydrogens is 995 g/mol. The molecule has 76 heavy (non-hydrogen) atoms. The van der Waals surface area contributed by atoms with E-state index in [-0.39, 0.29) is 68.6 Å². The lowest BCUT2D eigenvalue weighted by atomic mass is 10.00. The lowest BCUT2D eigenvalue weighted by Gasteiger charge is -2.27. The first kappa shape index (κ1) is 63.8. The van der Waals surface area contributed by atoms with Gasteiger partial charge in [-0.25, -0.2) is 4.79 Å². The van der Waals surface area contributed by atoms with Gasteiger partial charge in [-0.2, -0.15) is 0 Å². The highest BCUT2D eigenvalue weighted by atomic mass is 16.4. The number of guanidine groups is 1. The second-order valence-electron chi connectivity index (χ2n) is 18.6. The Bertz CT molecular complexity index is 2350. The van der Waals surface area contributed by atoms with Crippen LogP contribution in [0.2, 0.25) is 0 Å². The van der Waals surface area contributed by atoms with Gasteiger partial charge < -0.3 is 80.4 Å². The van der Waals surface area contributed by atoms with Crippen LogP contribution in [0.25, 0.3) is 0 Å². The number of aromatic hydroxyl groups is 1. The SMILES string of the molecule is CC(C)C[C@H](NC(=O)CNC(=O)[C@H](Cc1ccccc1)NC(=O)[C@H](C)NC(=O)[C@H](Cc1ccc(O)cc1)NC(=O)[C@H](CC(C)C)NC(=O)[C@H](CCCN=C(N)N)NC(=O)CNC(=O)[C@H](CC(=O)O)NC(=O)CN)C(=O)O. The number of nitrogens with zero attached hydrogens (tertiary/aromatic N) is 1. The molecular formula is C49H73N13O14. The van der Waals surface area contributed by atoms with E-state index in [2.05, 4.69) is 52.8 Å². The standard InChI is InChI=1S/C49H73N13O14/c1-26(2)18-33(61-45(72)32(12-9-17-53-49(51)52)57-39(65)24-55-44(71)36(22-41(67)68)58-38(64)23-50)47(74)62-35(21-30-13-15-31(63)16-14-30)46(73)56-28(5)42(69)60-34(20-29-10-7-6-8-11-29)43(70)54-25-40(66)59-37(48(75)76)19-27(3)4/h6-8,10-11,13-16,26-28,32-37,63H,9,12,17-25,50H2,1-5H3,(H,54,70)(H,55,71)(H,56,73)(H,57,65)(H,58,64)(H,59,66)(H,60,69)(H,61,72)(H,62,74)(H,67,68)(H,75,76)(H4,51,52,53)/t28-,32-,33-,34-,35-,36-,37-/m0/s1. The summed E-state index contributed by atoms with van der Waals surface area (Å²) in [4.78, 5) is 147. The number of carboxylic acid groups (broad SMARTS) is 2. The molecule has 0 radical (unpaired) electrons. The maximum absolute atomic E-state index is 14.2. The van der Waals surface area contributed by atoms with Gasteiger partial charge in [-0.15, -0.1) is 0 Å². The van der Waals surface area contributed by atoms with Crippen LogP contribution in [0.1, 0.15) is 77.8 Å². The fraction of sp³-hybridized carbons (Fsp3) is 0.510. The Morgan fingerprint density at radius 2 is 0.987 bits per heavy atom. The van der Waals surface area contributed by atoms with Gasteiger partial charge in [0.1, 0.15) is 48.0 Å². The summed E-state index contributed by atoms with van der Waals surface area (Å²) in [6, 6.07) is 4.61. The number of nitrogens with one attached hydrogen (secondary N) is 9. The quantitative estimate of drug-likeness (QED) is 0.0187. The van der Waals surface area contributed by atoms with Gasteiger partial charge in [0, 0.05) is 19.4 Å². The fourth-order valence-electron chi connectivity index (χ4n) is 7.23. The van der Waals surface area contributed by atoms with Crippen LogP contribution in [0, 0.1) is 11.8 Å². The van der Waals surface area contributed by atoms with E-state index in [1.165, 1.54) is 31.2 Å². The first-order valence-corrected chi connectivity index (χ1v) is 24.4. The van der Waals surface area contributed by atoms with Crippen LogP contribution >= 0.6 is 0 Å². The van der Waals surface area contributed by atoms with Gasteiger partial charge in [0.2, 0.25) is 53.2 Å². The number of amides is 9. The van der Waals surface area contributed by atoms with Crippen molar-refractivity contribution in [2.45, 2.75) is 122 Å². The van der Waals surface area contributed by atoms with Crippen molar-refractivity contribution in [3.8, 4) is 5.75 Å². The molecule has 0 aromatic heterocycles. The van der Waals surface area contributed by atoms with E-state index in [4.69, 9.17) is 17.2 Å². The first-order chi connectivity index (χ1) is 35.8. The van der Waals surface area contributed by atoms with Gasteiger partial charge in [-0.3, -0.25) is 52.9 Å². The Balaban J connectivity index is 2.36. The van der Waals surface area contributed by atoms with Crippen molar-refractivity contribution < 1.29 is 68.1 Å². The third-order valence-electron chi connectivity index (χ3n) is 11.0. The van der Waals surface area contributed by atoms with Crippen LogP contribution in [0.5, 0.6) is 5.75 Å². The van der Waals surface area contributed by atoms with E-state index in [0.717, 1.165) is 0 Å². The topological polar surface area (TPSA) is 447 Å². The molecule has 9 amide bonds. The molecule has 27 nitrogen and oxygen atoms in total. The number of phenols is 1. The Morgan fingerprint density at radius 1 is 0.526 bits per heavy atom. The second-order valence-corrected chi connectivity index (χ2v) is 18.6. The zero-order valence-corrected chi connectivity index (χ0v) is 43.2. The summed E-state index contributed by atoms with van der Waals surface area (Å²) in [7, 11) is 0. The minimum absolute atomic E-state index is 0.00124. The minimum atomic E-state index is -1.59. The Hall–Kier alpha value is -8.36. The zero-order chi connectivity index (χ0) is 57.1. The van der Waals surface area contributed by atoms with E-state index in [0.29, 0.717) is 11.1 Å². The molecule has 0 aliphatic heterocycles. The van der Waals surface area contributed by atoms with E-state index in [1.807, 2.05) is 0 Å². The van der Waals surface area contributed by atoms with Crippen LogP contribution in [0.3, 0.4) is 0 Å². The van der Waals surface area contributed by atoms with Gasteiger partial charge in [-0.1, -0.05) is 70.2 Å². The molecule has 7 atom stereocenters. The number of hydrogen-bond acceptors (Lipinski definition) is 14. The molecule has 0 spiro atoms. The molecule has 2 rings (SSSR count). The van der Waals surface area contributed by atoms with Crippen molar-refractivity contribution in [2.24, 2.45) is 34.0 Å². The van der Waals surface area contributed by atoms with Crippen molar-refractivity contribution >= 4 is 71.1 Å². The molecule has 0 fully saturated rings. The van der Waals surface area contributed by atoms with Crippen LogP contribution in [0.4, 0.5) is 0 Å². The monoisotopic (exact) mass is 1070 g/mol. The molecule has 0 saturated heterocycles. The molecule has 0 aliphatic carbocycles. The van der Waals surface area contributed by atoms with Gasteiger partial charge in [-0.05, 0) is 67.7 Å². The number of carboxylic acids is 2. The van der Waals surface area contributed by atoms with Gasteiger partial charge in [0.15, 0.2) is 5.96 Å². The highest BCUT2D eigenvalue weighted by Crippen LogP contribution is 2.14. The van der Waals surface area contributed by atoms with Crippen molar-refractivity contribution in [3.63, 3.8) is 0 Å². The smallest absolute Gasteiger partial charge is 0.326 e. The normalized spacial score (nSPS) is 13.6. The molecule has 0 saturated carbocycles. The van der Waals surface area contributed by atoms with Crippen molar-refractivity contribution in [2.75, 3.05) is 26.2 Å². The molecule has 0 bridgehead atoms. The minimum Gasteiger partial charge on any atom is -0.508 e. The number of carbonyl (C=O) groups is 11. The van der Waals surface area contributed by atoms with Crippen molar-refractivity contribution in [1.82, 2.24) is 47.9 Å². The Kier molecular flexibility index (Phi) is 27.5. The third kappa shape index (κ3) is 25.0. The predicted molar refractivity (Wildman–Crippen MR) is 275 cm³/mol. The second kappa shape index (κ2) is 32.7. The molecule has 2 aromatic rings. The predicted octanol–water partition coefficient (Wildman–Crippen LogP) is -3.51.